The molecule has 1 aromatic rings. The van der Waals surface area contributed by atoms with Gasteiger partial charge < -0.3 is 0 Å². The van der Waals surface area contributed by atoms with Crippen molar-refractivity contribution in [3.05, 3.63) is 46.3 Å². The lowest BCUT2D eigenvalue weighted by atomic mass is 10.0. The molecule has 0 bridgehead atoms. The number of carbonyl (C=O) groups is 1. The van der Waals surface area contributed by atoms with Crippen molar-refractivity contribution in [2.75, 3.05) is 0 Å². The zero-order chi connectivity index (χ0) is 11.4. The zero-order valence-corrected chi connectivity index (χ0v) is 9.44. The summed E-state index contributed by atoms with van der Waals surface area (Å²) in [6.45, 7) is 3.63. The molecule has 0 saturated carbocycles. The summed E-state index contributed by atoms with van der Waals surface area (Å²) < 4.78 is 13.4. The molecule has 0 radical (unpaired) electrons. The summed E-state index contributed by atoms with van der Waals surface area (Å²) in [7, 11) is 0. The number of hydrogen-bond donors (Lipinski definition) is 0. The standard InChI is InChI=1S/C12H12ClFO/c1-3-8(4-2)12(15)10-6-5-9(13)7-11(10)14/h3,5-7H,4H2,1-2H3/b8-3-. The molecule has 0 fully saturated rings. The maximum Gasteiger partial charge on any atom is 0.191 e. The molecule has 0 aliphatic rings. The summed E-state index contributed by atoms with van der Waals surface area (Å²) in [6.07, 6.45) is 2.30. The highest BCUT2D eigenvalue weighted by molar-refractivity contribution is 6.30. The molecular weight excluding hydrogens is 215 g/mol. The largest absolute Gasteiger partial charge is 0.289 e. The highest BCUT2D eigenvalue weighted by atomic mass is 35.5. The van der Waals surface area contributed by atoms with Gasteiger partial charge in [-0.15, -0.1) is 0 Å². The van der Waals surface area contributed by atoms with Crippen LogP contribution >= 0.6 is 11.6 Å². The summed E-state index contributed by atoms with van der Waals surface area (Å²) in [4.78, 5) is 11.8. The molecule has 0 saturated heterocycles. The van der Waals surface area contributed by atoms with Crippen LogP contribution in [0.4, 0.5) is 4.39 Å². The van der Waals surface area contributed by atoms with Crippen molar-refractivity contribution < 1.29 is 9.18 Å². The van der Waals surface area contributed by atoms with Crippen molar-refractivity contribution in [1.82, 2.24) is 0 Å². The minimum Gasteiger partial charge on any atom is -0.289 e. The molecule has 1 rings (SSSR count). The SMILES string of the molecule is C/C=C(/CC)C(=O)c1ccc(Cl)cc1F. The Morgan fingerprint density at radius 2 is 2.20 bits per heavy atom. The topological polar surface area (TPSA) is 17.1 Å². The fourth-order valence-electron chi connectivity index (χ4n) is 1.34. The van der Waals surface area contributed by atoms with Crippen LogP contribution in [-0.2, 0) is 0 Å². The third kappa shape index (κ3) is 2.66. The van der Waals surface area contributed by atoms with Crippen molar-refractivity contribution in [2.45, 2.75) is 20.3 Å². The van der Waals surface area contributed by atoms with Crippen LogP contribution in [0.1, 0.15) is 30.6 Å². The molecule has 1 nitrogen and oxygen atoms in total. The number of rotatable bonds is 3. The van der Waals surface area contributed by atoms with E-state index in [9.17, 15) is 9.18 Å². The monoisotopic (exact) mass is 226 g/mol. The third-order valence-corrected chi connectivity index (χ3v) is 2.43. The van der Waals surface area contributed by atoms with E-state index in [-0.39, 0.29) is 11.3 Å². The Balaban J connectivity index is 3.12. The Morgan fingerprint density at radius 1 is 1.53 bits per heavy atom. The highest BCUT2D eigenvalue weighted by Gasteiger charge is 2.14. The summed E-state index contributed by atoms with van der Waals surface area (Å²) in [5.74, 6) is -0.838. The molecule has 80 valence electrons. The second kappa shape index (κ2) is 5.08. The van der Waals surface area contributed by atoms with Gasteiger partial charge in [0.15, 0.2) is 5.78 Å². The van der Waals surface area contributed by atoms with E-state index in [4.69, 9.17) is 11.6 Å². The van der Waals surface area contributed by atoms with Crippen LogP contribution < -0.4 is 0 Å². The van der Waals surface area contributed by atoms with Gasteiger partial charge in [0.05, 0.1) is 5.56 Å². The van der Waals surface area contributed by atoms with Crippen molar-refractivity contribution in [1.29, 1.82) is 0 Å². The van der Waals surface area contributed by atoms with E-state index in [0.717, 1.165) is 6.07 Å². The predicted octanol–water partition coefficient (Wildman–Crippen LogP) is 4.02. The first-order chi connectivity index (χ1) is 7.10. The fourth-order valence-corrected chi connectivity index (χ4v) is 1.50. The summed E-state index contributed by atoms with van der Waals surface area (Å²) >= 11 is 5.60. The third-order valence-electron chi connectivity index (χ3n) is 2.20. The Labute approximate surface area is 93.6 Å². The van der Waals surface area contributed by atoms with E-state index >= 15 is 0 Å². The van der Waals surface area contributed by atoms with Gasteiger partial charge in [-0.2, -0.15) is 0 Å². The quantitative estimate of drug-likeness (QED) is 0.562. The molecular formula is C12H12ClFO. The molecule has 0 aliphatic heterocycles. The van der Waals surface area contributed by atoms with Gasteiger partial charge in [0.1, 0.15) is 5.82 Å². The fraction of sp³-hybridized carbons (Fsp3) is 0.250. The minimum atomic E-state index is -0.569. The van der Waals surface area contributed by atoms with Gasteiger partial charge >= 0.3 is 0 Å². The molecule has 15 heavy (non-hydrogen) atoms. The molecule has 1 aromatic carbocycles. The van der Waals surface area contributed by atoms with Crippen molar-refractivity contribution in [3.8, 4) is 0 Å². The molecule has 0 spiro atoms. The molecule has 0 amide bonds. The predicted molar refractivity (Wildman–Crippen MR) is 59.8 cm³/mol. The normalized spacial score (nSPS) is 11.6. The lowest BCUT2D eigenvalue weighted by Gasteiger charge is -2.04. The number of ketones is 1. The van der Waals surface area contributed by atoms with Crippen LogP contribution in [-0.4, -0.2) is 5.78 Å². The van der Waals surface area contributed by atoms with E-state index in [1.54, 1.807) is 13.0 Å². The molecule has 0 aromatic heterocycles. The average Bonchev–Trinajstić information content (AvgIpc) is 2.19. The number of benzene rings is 1. The van der Waals surface area contributed by atoms with E-state index in [1.807, 2.05) is 6.92 Å². The number of halogens is 2. The molecule has 3 heteroatoms. The Morgan fingerprint density at radius 3 is 2.67 bits per heavy atom. The Hall–Kier alpha value is -1.15. The minimum absolute atomic E-state index is 0.0781. The van der Waals surface area contributed by atoms with Gasteiger partial charge in [-0.05, 0) is 37.1 Å². The van der Waals surface area contributed by atoms with Gasteiger partial charge in [-0.3, -0.25) is 4.79 Å². The van der Waals surface area contributed by atoms with Crippen molar-refractivity contribution >= 4 is 17.4 Å². The number of Topliss-reactive ketones (excluding diaryl/α,β-unsaturated/α-hetero) is 1. The number of hydrogen-bond acceptors (Lipinski definition) is 1. The van der Waals surface area contributed by atoms with Crippen LogP contribution in [0.5, 0.6) is 0 Å². The Bertz CT molecular complexity index is 410. The lowest BCUT2D eigenvalue weighted by Crippen LogP contribution is -2.05. The van der Waals surface area contributed by atoms with Gasteiger partial charge in [0.2, 0.25) is 0 Å². The van der Waals surface area contributed by atoms with Crippen LogP contribution in [0.2, 0.25) is 5.02 Å². The summed E-state index contributed by atoms with van der Waals surface area (Å²) in [5.41, 5.74) is 0.686. The van der Waals surface area contributed by atoms with Crippen LogP contribution in [0, 0.1) is 5.82 Å². The Kier molecular flexibility index (Phi) is 4.04. The smallest absolute Gasteiger partial charge is 0.191 e. The van der Waals surface area contributed by atoms with Gasteiger partial charge in [0, 0.05) is 5.02 Å². The van der Waals surface area contributed by atoms with Gasteiger partial charge in [0.25, 0.3) is 0 Å². The maximum absolute atomic E-state index is 13.4. The molecule has 0 aliphatic carbocycles. The van der Waals surface area contributed by atoms with Crippen LogP contribution in [0.3, 0.4) is 0 Å². The first kappa shape index (κ1) is 11.9. The second-order valence-electron chi connectivity index (χ2n) is 3.12. The van der Waals surface area contributed by atoms with Gasteiger partial charge in [-0.25, -0.2) is 4.39 Å². The van der Waals surface area contributed by atoms with E-state index in [0.29, 0.717) is 17.0 Å². The highest BCUT2D eigenvalue weighted by Crippen LogP contribution is 2.18. The second-order valence-corrected chi connectivity index (χ2v) is 3.56. The molecule has 0 atom stereocenters. The molecule has 0 unspecified atom stereocenters. The van der Waals surface area contributed by atoms with Crippen molar-refractivity contribution in [3.63, 3.8) is 0 Å². The first-order valence-corrected chi connectivity index (χ1v) is 5.12. The van der Waals surface area contributed by atoms with Gasteiger partial charge in [-0.1, -0.05) is 24.6 Å². The molecule has 0 N–H and O–H groups in total. The number of carbonyl (C=O) groups excluding carboxylic acids is 1. The summed E-state index contributed by atoms with van der Waals surface area (Å²) in [5, 5.41) is 0.294. The van der Waals surface area contributed by atoms with Crippen LogP contribution in [0.15, 0.2) is 29.8 Å². The van der Waals surface area contributed by atoms with E-state index in [2.05, 4.69) is 0 Å². The van der Waals surface area contributed by atoms with Crippen LogP contribution in [0.25, 0.3) is 0 Å². The van der Waals surface area contributed by atoms with Crippen molar-refractivity contribution in [2.24, 2.45) is 0 Å². The van der Waals surface area contributed by atoms with E-state index in [1.165, 1.54) is 12.1 Å². The lowest BCUT2D eigenvalue weighted by molar-refractivity contribution is 0.102. The average molecular weight is 227 g/mol. The zero-order valence-electron chi connectivity index (χ0n) is 8.68. The summed E-state index contributed by atoms with van der Waals surface area (Å²) in [6, 6.07) is 4.08. The molecule has 0 heterocycles. The maximum atomic E-state index is 13.4. The number of allylic oxidation sites excluding steroid dienone is 2. The first-order valence-electron chi connectivity index (χ1n) is 4.75. The van der Waals surface area contributed by atoms with E-state index < -0.39 is 5.82 Å².